The smallest absolute Gasteiger partial charge is 0.407 e. The number of ether oxygens (including phenoxy) is 2. The van der Waals surface area contributed by atoms with Gasteiger partial charge in [-0.3, -0.25) is 4.90 Å². The lowest BCUT2D eigenvalue weighted by molar-refractivity contribution is -0.0353. The zero-order valence-corrected chi connectivity index (χ0v) is 20.8. The molecule has 0 radical (unpaired) electrons. The molecule has 2 aromatic rings. The third-order valence-corrected chi connectivity index (χ3v) is 8.03. The number of benzene rings is 2. The molecule has 1 N–H and O–H groups in total. The lowest BCUT2D eigenvalue weighted by atomic mass is 9.70. The van der Waals surface area contributed by atoms with E-state index < -0.39 is 0 Å². The second-order valence-electron chi connectivity index (χ2n) is 10.9. The van der Waals surface area contributed by atoms with Crippen LogP contribution in [-0.4, -0.2) is 43.3 Å². The number of amides is 1. The SMILES string of the molecule is CCCOc1cccc(-c2ccc3c(c2)CCC(C)(C)[C@H]3NC(=O)O[C@H]2CN3CCC2CC3)c1. The first-order valence-corrected chi connectivity index (χ1v) is 13.0. The number of nitrogens with one attached hydrogen (secondary N) is 1. The molecule has 0 spiro atoms. The molecule has 1 aliphatic carbocycles. The lowest BCUT2D eigenvalue weighted by Gasteiger charge is -2.44. The fourth-order valence-corrected chi connectivity index (χ4v) is 5.90. The predicted octanol–water partition coefficient (Wildman–Crippen LogP) is 5.98. The van der Waals surface area contributed by atoms with E-state index >= 15 is 0 Å². The number of aryl methyl sites for hydroxylation is 1. The van der Waals surface area contributed by atoms with E-state index in [1.807, 2.05) is 6.07 Å². The quantitative estimate of drug-likeness (QED) is 0.574. The van der Waals surface area contributed by atoms with Crippen LogP contribution in [-0.2, 0) is 11.2 Å². The Hall–Kier alpha value is -2.53. The second kappa shape index (κ2) is 9.61. The lowest BCUT2D eigenvalue weighted by Crippen LogP contribution is -2.53. The van der Waals surface area contributed by atoms with Gasteiger partial charge in [-0.25, -0.2) is 4.79 Å². The molecule has 5 heteroatoms. The highest BCUT2D eigenvalue weighted by atomic mass is 16.6. The Morgan fingerprint density at radius 3 is 2.65 bits per heavy atom. The molecule has 0 saturated carbocycles. The normalized spacial score (nSPS) is 27.0. The second-order valence-corrected chi connectivity index (χ2v) is 10.9. The van der Waals surface area contributed by atoms with Gasteiger partial charge in [0.25, 0.3) is 0 Å². The fraction of sp³-hybridized carbons (Fsp3) is 0.552. The molecule has 182 valence electrons. The van der Waals surface area contributed by atoms with Crippen molar-refractivity contribution in [2.75, 3.05) is 26.2 Å². The van der Waals surface area contributed by atoms with Crippen LogP contribution in [0.2, 0.25) is 0 Å². The van der Waals surface area contributed by atoms with Crippen molar-refractivity contribution in [2.45, 2.75) is 65.0 Å². The van der Waals surface area contributed by atoms with Gasteiger partial charge in [0, 0.05) is 6.54 Å². The van der Waals surface area contributed by atoms with E-state index in [9.17, 15) is 4.79 Å². The van der Waals surface area contributed by atoms with E-state index in [0.29, 0.717) is 5.92 Å². The van der Waals surface area contributed by atoms with Crippen LogP contribution >= 0.6 is 0 Å². The summed E-state index contributed by atoms with van der Waals surface area (Å²) in [5.41, 5.74) is 4.84. The van der Waals surface area contributed by atoms with Crippen molar-refractivity contribution >= 4 is 6.09 Å². The van der Waals surface area contributed by atoms with Crippen LogP contribution in [0.5, 0.6) is 5.75 Å². The molecule has 3 aliphatic heterocycles. The van der Waals surface area contributed by atoms with Gasteiger partial charge in [-0.15, -0.1) is 0 Å². The summed E-state index contributed by atoms with van der Waals surface area (Å²) in [5, 5.41) is 3.26. The van der Waals surface area contributed by atoms with Crippen molar-refractivity contribution in [3.8, 4) is 16.9 Å². The highest BCUT2D eigenvalue weighted by molar-refractivity contribution is 5.70. The van der Waals surface area contributed by atoms with Crippen LogP contribution in [0.15, 0.2) is 42.5 Å². The summed E-state index contributed by atoms with van der Waals surface area (Å²) in [5.74, 6) is 1.43. The number of hydrogen-bond donors (Lipinski definition) is 1. The molecule has 3 fully saturated rings. The number of hydrogen-bond acceptors (Lipinski definition) is 4. The van der Waals surface area contributed by atoms with Crippen molar-refractivity contribution in [1.82, 2.24) is 10.2 Å². The predicted molar refractivity (Wildman–Crippen MR) is 135 cm³/mol. The summed E-state index contributed by atoms with van der Waals surface area (Å²) in [7, 11) is 0. The van der Waals surface area contributed by atoms with E-state index in [2.05, 4.69) is 67.4 Å². The molecule has 5 nitrogen and oxygen atoms in total. The third kappa shape index (κ3) is 4.81. The fourth-order valence-electron chi connectivity index (χ4n) is 5.90. The van der Waals surface area contributed by atoms with Gasteiger partial charge >= 0.3 is 6.09 Å². The van der Waals surface area contributed by atoms with Gasteiger partial charge in [-0.05, 0) is 90.9 Å². The van der Waals surface area contributed by atoms with Crippen LogP contribution in [0, 0.1) is 11.3 Å². The standard InChI is InChI=1S/C29H38N2O3/c1-4-16-33-24-7-5-6-21(18-24)22-8-9-25-23(17-22)10-13-29(2,3)27(25)30-28(32)34-26-19-31-14-11-20(26)12-15-31/h5-9,17-18,20,26-27H,4,10-16,19H2,1-3H3,(H,30,32)/t26-,27-/m0/s1. The van der Waals surface area contributed by atoms with Gasteiger partial charge in [-0.2, -0.15) is 0 Å². The highest BCUT2D eigenvalue weighted by Gasteiger charge is 2.40. The van der Waals surface area contributed by atoms with Gasteiger partial charge in [0.2, 0.25) is 0 Å². The molecule has 4 aliphatic rings. The van der Waals surface area contributed by atoms with Crippen LogP contribution in [0.25, 0.3) is 11.1 Å². The summed E-state index contributed by atoms with van der Waals surface area (Å²) >= 11 is 0. The van der Waals surface area contributed by atoms with Gasteiger partial charge < -0.3 is 14.8 Å². The number of alkyl carbamates (subject to hydrolysis) is 1. The van der Waals surface area contributed by atoms with E-state index in [-0.39, 0.29) is 23.7 Å². The summed E-state index contributed by atoms with van der Waals surface area (Å²) in [4.78, 5) is 15.4. The van der Waals surface area contributed by atoms with E-state index in [0.717, 1.165) is 69.7 Å². The summed E-state index contributed by atoms with van der Waals surface area (Å²) < 4.78 is 11.8. The molecule has 2 aromatic carbocycles. The minimum atomic E-state index is -0.269. The van der Waals surface area contributed by atoms with Gasteiger partial charge in [0.15, 0.2) is 0 Å². The number of fused-ring (bicyclic) bond motifs is 4. The first-order valence-electron chi connectivity index (χ1n) is 13.0. The molecular weight excluding hydrogens is 424 g/mol. The molecule has 0 unspecified atom stereocenters. The Kier molecular flexibility index (Phi) is 6.57. The minimum absolute atomic E-state index is 0.0262. The highest BCUT2D eigenvalue weighted by Crippen LogP contribution is 2.44. The Labute approximate surface area is 203 Å². The van der Waals surface area contributed by atoms with Gasteiger partial charge in [-0.1, -0.05) is 51.1 Å². The molecule has 1 amide bonds. The molecule has 3 saturated heterocycles. The number of nitrogens with zero attached hydrogens (tertiary/aromatic N) is 1. The largest absolute Gasteiger partial charge is 0.494 e. The van der Waals surface area contributed by atoms with Crippen molar-refractivity contribution in [3.63, 3.8) is 0 Å². The number of piperidine rings is 3. The maximum atomic E-state index is 13.0. The minimum Gasteiger partial charge on any atom is -0.494 e. The van der Waals surface area contributed by atoms with Crippen LogP contribution < -0.4 is 10.1 Å². The van der Waals surface area contributed by atoms with Crippen LogP contribution in [0.3, 0.4) is 0 Å². The number of rotatable bonds is 6. The first-order chi connectivity index (χ1) is 16.4. The van der Waals surface area contributed by atoms with Crippen molar-refractivity contribution in [1.29, 1.82) is 0 Å². The average Bonchev–Trinajstić information content (AvgIpc) is 2.85. The zero-order valence-electron chi connectivity index (χ0n) is 20.8. The Morgan fingerprint density at radius 2 is 1.91 bits per heavy atom. The Morgan fingerprint density at radius 1 is 1.12 bits per heavy atom. The number of carbonyl (C=O) groups excluding carboxylic acids is 1. The first kappa shape index (κ1) is 23.2. The van der Waals surface area contributed by atoms with Crippen molar-refractivity contribution < 1.29 is 14.3 Å². The maximum absolute atomic E-state index is 13.0. The Balaban J connectivity index is 1.33. The molecule has 34 heavy (non-hydrogen) atoms. The molecule has 2 atom stereocenters. The van der Waals surface area contributed by atoms with E-state index in [1.54, 1.807) is 0 Å². The van der Waals surface area contributed by atoms with Crippen molar-refractivity contribution in [2.24, 2.45) is 11.3 Å². The van der Waals surface area contributed by atoms with Crippen molar-refractivity contribution in [3.05, 3.63) is 53.6 Å². The zero-order chi connectivity index (χ0) is 23.7. The molecule has 0 aromatic heterocycles. The molecule has 6 rings (SSSR count). The van der Waals surface area contributed by atoms with Crippen LogP contribution in [0.1, 0.15) is 63.6 Å². The van der Waals surface area contributed by atoms with Crippen LogP contribution in [0.4, 0.5) is 4.79 Å². The Bertz CT molecular complexity index is 1030. The number of carbonyl (C=O) groups is 1. The average molecular weight is 463 g/mol. The molecular formula is C29H38N2O3. The summed E-state index contributed by atoms with van der Waals surface area (Å²) in [6.45, 7) is 10.5. The monoisotopic (exact) mass is 462 g/mol. The maximum Gasteiger partial charge on any atom is 0.407 e. The molecule has 2 bridgehead atoms. The van der Waals surface area contributed by atoms with Gasteiger partial charge in [0.1, 0.15) is 11.9 Å². The summed E-state index contributed by atoms with van der Waals surface area (Å²) in [6, 6.07) is 14.9. The van der Waals surface area contributed by atoms with Gasteiger partial charge in [0.05, 0.1) is 12.6 Å². The summed E-state index contributed by atoms with van der Waals surface area (Å²) in [6.07, 6.45) is 5.07. The van der Waals surface area contributed by atoms with E-state index in [1.165, 1.54) is 16.7 Å². The van der Waals surface area contributed by atoms with E-state index in [4.69, 9.17) is 9.47 Å². The third-order valence-electron chi connectivity index (χ3n) is 8.03. The topological polar surface area (TPSA) is 50.8 Å². The molecule has 3 heterocycles.